The molecule has 3 heterocycles. The summed E-state index contributed by atoms with van der Waals surface area (Å²) in [5.74, 6) is 1.89. The Morgan fingerprint density at radius 3 is 2.59 bits per heavy atom. The molecule has 0 aromatic carbocycles. The van der Waals surface area contributed by atoms with Crippen LogP contribution >= 0.6 is 11.3 Å². The highest BCUT2D eigenvalue weighted by molar-refractivity contribution is 7.11. The van der Waals surface area contributed by atoms with E-state index in [2.05, 4.69) is 44.6 Å². The lowest BCUT2D eigenvalue weighted by Gasteiger charge is -2.35. The highest BCUT2D eigenvalue weighted by Crippen LogP contribution is 2.16. The first kappa shape index (κ1) is 21.1. The number of pyridine rings is 1. The Labute approximate surface area is 176 Å². The number of nitrogens with zero attached hydrogens (tertiary/aromatic N) is 4. The van der Waals surface area contributed by atoms with E-state index in [1.165, 1.54) is 9.75 Å². The van der Waals surface area contributed by atoms with Crippen LogP contribution in [0.15, 0.2) is 41.5 Å². The predicted molar refractivity (Wildman–Crippen MR) is 120 cm³/mol. The van der Waals surface area contributed by atoms with Crippen molar-refractivity contribution in [2.24, 2.45) is 4.99 Å². The summed E-state index contributed by atoms with van der Waals surface area (Å²) in [7, 11) is 1.75. The number of hydrogen-bond donors (Lipinski definition) is 2. The lowest BCUT2D eigenvalue weighted by atomic mass is 10.2. The Bertz CT molecular complexity index is 799. The molecule has 0 spiro atoms. The van der Waals surface area contributed by atoms with E-state index >= 15 is 0 Å². The third kappa shape index (κ3) is 6.19. The van der Waals surface area contributed by atoms with Crippen molar-refractivity contribution in [1.29, 1.82) is 0 Å². The minimum absolute atomic E-state index is 0.180. The van der Waals surface area contributed by atoms with Crippen LogP contribution in [0.2, 0.25) is 0 Å². The van der Waals surface area contributed by atoms with Crippen LogP contribution in [-0.2, 0) is 17.8 Å². The van der Waals surface area contributed by atoms with Crippen LogP contribution < -0.4 is 15.5 Å². The van der Waals surface area contributed by atoms with E-state index in [4.69, 9.17) is 0 Å². The van der Waals surface area contributed by atoms with Gasteiger partial charge in [0.05, 0.1) is 6.54 Å². The van der Waals surface area contributed by atoms with Crippen molar-refractivity contribution in [3.63, 3.8) is 0 Å². The van der Waals surface area contributed by atoms with Crippen LogP contribution in [-0.4, -0.2) is 61.5 Å². The number of aliphatic imine (C=N–C) groups is 1. The maximum Gasteiger partial charge on any atom is 0.224 e. The molecule has 1 aliphatic heterocycles. The molecule has 29 heavy (non-hydrogen) atoms. The summed E-state index contributed by atoms with van der Waals surface area (Å²) in [5.41, 5.74) is 0. The molecule has 0 saturated carbocycles. The van der Waals surface area contributed by atoms with Gasteiger partial charge < -0.3 is 20.4 Å². The molecule has 8 heteroatoms. The van der Waals surface area contributed by atoms with Gasteiger partial charge in [-0.25, -0.2) is 4.98 Å². The molecular formula is C21H30N6OS. The van der Waals surface area contributed by atoms with Crippen molar-refractivity contribution >= 4 is 29.0 Å². The standard InChI is InChI=1S/C21H30N6OS/c1-3-17-7-8-18(29-17)16-25-21(22-2)24-11-9-20(28)27-14-12-26(13-15-27)19-6-4-5-10-23-19/h4-8,10H,3,9,11-16H2,1-2H3,(H2,22,24,25). The number of amides is 1. The number of carbonyl (C=O) groups excluding carboxylic acids is 1. The summed E-state index contributed by atoms with van der Waals surface area (Å²) in [6.07, 6.45) is 3.33. The molecule has 156 valence electrons. The molecule has 7 nitrogen and oxygen atoms in total. The lowest BCUT2D eigenvalue weighted by Crippen LogP contribution is -2.49. The topological polar surface area (TPSA) is 72.9 Å². The second kappa shape index (κ2) is 10.8. The minimum Gasteiger partial charge on any atom is -0.356 e. The molecule has 1 amide bonds. The number of thiophene rings is 1. The number of guanidine groups is 1. The normalized spacial score (nSPS) is 14.8. The Morgan fingerprint density at radius 1 is 1.14 bits per heavy atom. The molecule has 3 rings (SSSR count). The van der Waals surface area contributed by atoms with Crippen LogP contribution in [0.3, 0.4) is 0 Å². The van der Waals surface area contributed by atoms with Crippen LogP contribution in [0.4, 0.5) is 5.82 Å². The van der Waals surface area contributed by atoms with Gasteiger partial charge >= 0.3 is 0 Å². The van der Waals surface area contributed by atoms with Gasteiger partial charge in [0, 0.05) is 62.1 Å². The van der Waals surface area contributed by atoms with Gasteiger partial charge in [0.1, 0.15) is 5.82 Å². The molecule has 1 saturated heterocycles. The van der Waals surface area contributed by atoms with Gasteiger partial charge in [-0.3, -0.25) is 9.79 Å². The van der Waals surface area contributed by atoms with E-state index in [9.17, 15) is 4.79 Å². The number of carbonyl (C=O) groups is 1. The summed E-state index contributed by atoms with van der Waals surface area (Å²) in [5, 5.41) is 6.55. The van der Waals surface area contributed by atoms with Crippen LogP contribution in [0.1, 0.15) is 23.1 Å². The number of aryl methyl sites for hydroxylation is 1. The molecule has 2 aromatic heterocycles. The maximum atomic E-state index is 12.5. The van der Waals surface area contributed by atoms with E-state index < -0.39 is 0 Å². The molecule has 0 radical (unpaired) electrons. The zero-order valence-corrected chi connectivity index (χ0v) is 18.0. The van der Waals surface area contributed by atoms with E-state index in [-0.39, 0.29) is 5.91 Å². The number of hydrogen-bond acceptors (Lipinski definition) is 5. The SMILES string of the molecule is CCc1ccc(CNC(=NC)NCCC(=O)N2CCN(c3ccccn3)CC2)s1. The summed E-state index contributed by atoms with van der Waals surface area (Å²) < 4.78 is 0. The Balaban J connectivity index is 1.35. The molecule has 1 fully saturated rings. The lowest BCUT2D eigenvalue weighted by molar-refractivity contribution is -0.131. The monoisotopic (exact) mass is 414 g/mol. The van der Waals surface area contributed by atoms with Crippen LogP contribution in [0.5, 0.6) is 0 Å². The average Bonchev–Trinajstić information content (AvgIpc) is 3.25. The Hall–Kier alpha value is -2.61. The zero-order valence-electron chi connectivity index (χ0n) is 17.2. The summed E-state index contributed by atoms with van der Waals surface area (Å²) in [4.78, 5) is 28.0. The maximum absolute atomic E-state index is 12.5. The summed E-state index contributed by atoms with van der Waals surface area (Å²) >= 11 is 1.82. The highest BCUT2D eigenvalue weighted by atomic mass is 32.1. The number of rotatable bonds is 7. The molecule has 0 aliphatic carbocycles. The molecule has 0 atom stereocenters. The zero-order chi connectivity index (χ0) is 20.5. The van der Waals surface area contributed by atoms with Crippen molar-refractivity contribution in [3.8, 4) is 0 Å². The van der Waals surface area contributed by atoms with Crippen molar-refractivity contribution in [2.75, 3.05) is 44.7 Å². The summed E-state index contributed by atoms with van der Waals surface area (Å²) in [6.45, 7) is 6.59. The van der Waals surface area contributed by atoms with E-state index in [0.717, 1.165) is 50.9 Å². The largest absolute Gasteiger partial charge is 0.356 e. The van der Waals surface area contributed by atoms with Crippen LogP contribution in [0, 0.1) is 0 Å². The second-order valence-electron chi connectivity index (χ2n) is 6.88. The van der Waals surface area contributed by atoms with Crippen molar-refractivity contribution < 1.29 is 4.79 Å². The van der Waals surface area contributed by atoms with Gasteiger partial charge in [0.15, 0.2) is 5.96 Å². The first-order chi connectivity index (χ1) is 14.2. The van der Waals surface area contributed by atoms with Gasteiger partial charge in [-0.1, -0.05) is 13.0 Å². The first-order valence-corrected chi connectivity index (χ1v) is 11.0. The molecule has 1 aliphatic rings. The number of anilines is 1. The third-order valence-corrected chi connectivity index (χ3v) is 6.19. The molecule has 2 N–H and O–H groups in total. The van der Waals surface area contributed by atoms with E-state index in [0.29, 0.717) is 13.0 Å². The van der Waals surface area contributed by atoms with Crippen molar-refractivity contribution in [2.45, 2.75) is 26.3 Å². The van der Waals surface area contributed by atoms with Gasteiger partial charge in [0.25, 0.3) is 0 Å². The Morgan fingerprint density at radius 2 is 1.93 bits per heavy atom. The number of piperazine rings is 1. The fraction of sp³-hybridized carbons (Fsp3) is 0.476. The Kier molecular flexibility index (Phi) is 7.86. The van der Waals surface area contributed by atoms with Gasteiger partial charge in [-0.15, -0.1) is 11.3 Å². The van der Waals surface area contributed by atoms with Crippen molar-refractivity contribution in [1.82, 2.24) is 20.5 Å². The number of aromatic nitrogens is 1. The third-order valence-electron chi connectivity index (χ3n) is 4.96. The van der Waals surface area contributed by atoms with Crippen LogP contribution in [0.25, 0.3) is 0 Å². The average molecular weight is 415 g/mol. The molecule has 0 unspecified atom stereocenters. The number of nitrogens with one attached hydrogen (secondary N) is 2. The first-order valence-electron chi connectivity index (χ1n) is 10.2. The minimum atomic E-state index is 0.180. The van der Waals surface area contributed by atoms with Gasteiger partial charge in [-0.2, -0.15) is 0 Å². The molecule has 0 bridgehead atoms. The second-order valence-corrected chi connectivity index (χ2v) is 8.13. The highest BCUT2D eigenvalue weighted by Gasteiger charge is 2.21. The predicted octanol–water partition coefficient (Wildman–Crippen LogP) is 2.11. The fourth-order valence-corrected chi connectivity index (χ4v) is 4.17. The summed E-state index contributed by atoms with van der Waals surface area (Å²) in [6, 6.07) is 10.2. The van der Waals surface area contributed by atoms with Crippen molar-refractivity contribution in [3.05, 3.63) is 46.3 Å². The van der Waals surface area contributed by atoms with Gasteiger partial charge in [-0.05, 0) is 30.7 Å². The quantitative estimate of drug-likeness (QED) is 0.536. The van der Waals surface area contributed by atoms with E-state index in [1.54, 1.807) is 13.2 Å². The smallest absolute Gasteiger partial charge is 0.224 e. The molecular weight excluding hydrogens is 384 g/mol. The van der Waals surface area contributed by atoms with Gasteiger partial charge in [0.2, 0.25) is 5.91 Å². The van der Waals surface area contributed by atoms with E-state index in [1.807, 2.05) is 34.4 Å². The fourth-order valence-electron chi connectivity index (χ4n) is 3.27. The molecule has 2 aromatic rings.